The van der Waals surface area contributed by atoms with Gasteiger partial charge in [-0.05, 0) is 43.5 Å². The van der Waals surface area contributed by atoms with Crippen molar-refractivity contribution in [3.8, 4) is 17.3 Å². The Morgan fingerprint density at radius 3 is 2.43 bits per heavy atom. The molecule has 2 heterocycles. The van der Waals surface area contributed by atoms with E-state index in [9.17, 15) is 5.11 Å². The van der Waals surface area contributed by atoms with Crippen molar-refractivity contribution in [2.24, 2.45) is 11.8 Å². The minimum absolute atomic E-state index is 0.122. The monoisotopic (exact) mass is 375 g/mol. The third kappa shape index (κ3) is 3.11. The highest BCUT2D eigenvalue weighted by molar-refractivity contribution is 5.43. The van der Waals surface area contributed by atoms with Crippen molar-refractivity contribution in [3.63, 3.8) is 0 Å². The summed E-state index contributed by atoms with van der Waals surface area (Å²) in [6.07, 6.45) is 0.819. The molecule has 5 nitrogen and oxygen atoms in total. The second-order valence-corrected chi connectivity index (χ2v) is 7.95. The van der Waals surface area contributed by atoms with Gasteiger partial charge in [-0.2, -0.15) is 5.10 Å². The summed E-state index contributed by atoms with van der Waals surface area (Å²) in [6, 6.07) is 20.0. The fourth-order valence-electron chi connectivity index (χ4n) is 4.49. The maximum atomic E-state index is 9.99. The van der Waals surface area contributed by atoms with Crippen LogP contribution in [0, 0.1) is 18.8 Å². The molecular formula is C23H25N3O2. The molecule has 5 rings (SSSR count). The van der Waals surface area contributed by atoms with Crippen LogP contribution in [0.4, 0.5) is 0 Å². The van der Waals surface area contributed by atoms with Crippen LogP contribution in [0.15, 0.2) is 60.7 Å². The van der Waals surface area contributed by atoms with Gasteiger partial charge in [0.2, 0.25) is 5.88 Å². The number of benzene rings is 2. The van der Waals surface area contributed by atoms with Gasteiger partial charge in [-0.1, -0.05) is 36.4 Å². The average molecular weight is 375 g/mol. The Bertz CT molecular complexity index is 955. The minimum atomic E-state index is -0.122. The summed E-state index contributed by atoms with van der Waals surface area (Å²) < 4.78 is 8.24. The maximum absolute atomic E-state index is 9.99. The van der Waals surface area contributed by atoms with E-state index in [0.717, 1.165) is 54.6 Å². The molecule has 1 N–H and O–H groups in total. The first-order chi connectivity index (χ1) is 13.7. The number of fused-ring (bicyclic) bond motifs is 1. The minimum Gasteiger partial charge on any atom is -0.439 e. The first kappa shape index (κ1) is 17.5. The van der Waals surface area contributed by atoms with Crippen molar-refractivity contribution in [1.82, 2.24) is 14.7 Å². The summed E-state index contributed by atoms with van der Waals surface area (Å²) >= 11 is 0. The van der Waals surface area contributed by atoms with Crippen LogP contribution >= 0.6 is 0 Å². The van der Waals surface area contributed by atoms with Crippen molar-refractivity contribution in [3.05, 3.63) is 71.9 Å². The van der Waals surface area contributed by atoms with E-state index >= 15 is 0 Å². The van der Waals surface area contributed by atoms with Gasteiger partial charge >= 0.3 is 0 Å². The predicted octanol–water partition coefficient (Wildman–Crippen LogP) is 3.79. The fourth-order valence-corrected chi connectivity index (χ4v) is 4.49. The lowest BCUT2D eigenvalue weighted by Crippen LogP contribution is -2.39. The van der Waals surface area contributed by atoms with Crippen molar-refractivity contribution in [2.75, 3.05) is 13.1 Å². The number of likely N-dealkylation sites (tertiary alicyclic amines) is 1. The van der Waals surface area contributed by atoms with Gasteiger partial charge in [-0.25, -0.2) is 4.68 Å². The van der Waals surface area contributed by atoms with Crippen molar-refractivity contribution in [1.29, 1.82) is 0 Å². The van der Waals surface area contributed by atoms with Crippen molar-refractivity contribution in [2.45, 2.75) is 26.0 Å². The number of hydrogen-bond donors (Lipinski definition) is 1. The first-order valence-electron chi connectivity index (χ1n) is 9.96. The predicted molar refractivity (Wildman–Crippen MR) is 108 cm³/mol. The van der Waals surface area contributed by atoms with E-state index in [0.29, 0.717) is 11.8 Å². The number of hydrogen-bond acceptors (Lipinski definition) is 4. The number of ether oxygens (including phenoxy) is 1. The second kappa shape index (κ2) is 7.08. The third-order valence-corrected chi connectivity index (χ3v) is 6.08. The molecule has 1 aliphatic carbocycles. The van der Waals surface area contributed by atoms with Crippen LogP contribution in [0.2, 0.25) is 0 Å². The fraction of sp³-hybridized carbons (Fsp3) is 0.348. The van der Waals surface area contributed by atoms with Crippen molar-refractivity contribution < 1.29 is 9.84 Å². The van der Waals surface area contributed by atoms with Crippen LogP contribution in [-0.4, -0.2) is 39.0 Å². The van der Waals surface area contributed by atoms with Gasteiger partial charge < -0.3 is 9.84 Å². The Hall–Kier alpha value is -2.63. The molecule has 3 atom stereocenters. The molecule has 144 valence electrons. The van der Waals surface area contributed by atoms with E-state index in [1.165, 1.54) is 0 Å². The van der Waals surface area contributed by atoms with Gasteiger partial charge in [0.05, 0.1) is 23.0 Å². The highest BCUT2D eigenvalue weighted by Crippen LogP contribution is 2.42. The highest BCUT2D eigenvalue weighted by atomic mass is 16.5. The van der Waals surface area contributed by atoms with E-state index < -0.39 is 0 Å². The zero-order chi connectivity index (χ0) is 19.1. The third-order valence-electron chi connectivity index (χ3n) is 6.08. The molecule has 0 bridgehead atoms. The Kier molecular flexibility index (Phi) is 4.41. The van der Waals surface area contributed by atoms with E-state index in [1.807, 2.05) is 72.3 Å². The number of nitrogens with zero attached hydrogens (tertiary/aromatic N) is 3. The van der Waals surface area contributed by atoms with Gasteiger partial charge in [-0.3, -0.25) is 4.90 Å². The number of aliphatic hydroxyl groups excluding tert-OH is 1. The van der Waals surface area contributed by atoms with Gasteiger partial charge in [-0.15, -0.1) is 0 Å². The Labute approximate surface area is 165 Å². The molecular weight excluding hydrogens is 350 g/mol. The Balaban J connectivity index is 1.49. The zero-order valence-corrected chi connectivity index (χ0v) is 16.0. The summed E-state index contributed by atoms with van der Waals surface area (Å²) in [5.41, 5.74) is 3.08. The van der Waals surface area contributed by atoms with Gasteiger partial charge in [0, 0.05) is 25.6 Å². The quantitative estimate of drug-likeness (QED) is 0.737. The average Bonchev–Trinajstić information content (AvgIpc) is 3.21. The molecule has 3 unspecified atom stereocenters. The highest BCUT2D eigenvalue weighted by Gasteiger charge is 2.46. The van der Waals surface area contributed by atoms with Crippen LogP contribution in [0.25, 0.3) is 5.69 Å². The van der Waals surface area contributed by atoms with Crippen LogP contribution in [0.3, 0.4) is 0 Å². The van der Waals surface area contributed by atoms with Gasteiger partial charge in [0.25, 0.3) is 0 Å². The number of aryl methyl sites for hydroxylation is 1. The summed E-state index contributed by atoms with van der Waals surface area (Å²) in [4.78, 5) is 2.43. The number of aliphatic hydroxyl groups is 1. The summed E-state index contributed by atoms with van der Waals surface area (Å²) in [5, 5.41) is 14.8. The molecule has 0 spiro atoms. The van der Waals surface area contributed by atoms with E-state index in [4.69, 9.17) is 9.84 Å². The molecule has 1 saturated carbocycles. The topological polar surface area (TPSA) is 50.5 Å². The van der Waals surface area contributed by atoms with Crippen LogP contribution < -0.4 is 4.74 Å². The molecule has 5 heteroatoms. The molecule has 0 amide bonds. The number of aromatic nitrogens is 2. The normalized spacial score (nSPS) is 24.0. The summed E-state index contributed by atoms with van der Waals surface area (Å²) in [5.74, 6) is 2.65. The molecule has 1 aliphatic heterocycles. The van der Waals surface area contributed by atoms with E-state index in [2.05, 4.69) is 4.90 Å². The molecule has 28 heavy (non-hydrogen) atoms. The largest absolute Gasteiger partial charge is 0.439 e. The second-order valence-electron chi connectivity index (χ2n) is 7.95. The summed E-state index contributed by atoms with van der Waals surface area (Å²) in [7, 11) is 0. The lowest BCUT2D eigenvalue weighted by molar-refractivity contribution is -0.00435. The SMILES string of the molecule is Cc1nn(-c2ccccc2)c(Oc2ccccc2)c1CN1CC2CC(O)C2C1. The molecule has 3 aromatic rings. The molecule has 2 aromatic carbocycles. The molecule has 0 radical (unpaired) electrons. The lowest BCUT2D eigenvalue weighted by Gasteiger charge is -2.35. The molecule has 2 aliphatic rings. The molecule has 1 saturated heterocycles. The van der Waals surface area contributed by atoms with Crippen molar-refractivity contribution >= 4 is 0 Å². The summed E-state index contributed by atoms with van der Waals surface area (Å²) in [6.45, 7) is 4.84. The first-order valence-corrected chi connectivity index (χ1v) is 9.96. The Morgan fingerprint density at radius 2 is 1.75 bits per heavy atom. The van der Waals surface area contributed by atoms with Crippen LogP contribution in [0.1, 0.15) is 17.7 Å². The van der Waals surface area contributed by atoms with E-state index in [-0.39, 0.29) is 6.10 Å². The number of rotatable bonds is 5. The van der Waals surface area contributed by atoms with Crippen LogP contribution in [0.5, 0.6) is 11.6 Å². The standard InChI is InChI=1S/C23H25N3O2/c1-16-20(14-25-13-17-12-22(27)21(17)15-25)23(28-19-10-6-3-7-11-19)26(24-16)18-8-4-2-5-9-18/h2-11,17,21-22,27H,12-15H2,1H3. The molecule has 1 aromatic heterocycles. The van der Waals surface area contributed by atoms with Gasteiger partial charge in [0.15, 0.2) is 0 Å². The van der Waals surface area contributed by atoms with Gasteiger partial charge in [0.1, 0.15) is 5.75 Å². The molecule has 2 fully saturated rings. The van der Waals surface area contributed by atoms with E-state index in [1.54, 1.807) is 0 Å². The van der Waals surface area contributed by atoms with Crippen LogP contribution in [-0.2, 0) is 6.54 Å². The zero-order valence-electron chi connectivity index (χ0n) is 16.0. The Morgan fingerprint density at radius 1 is 1.04 bits per heavy atom. The smallest absolute Gasteiger partial charge is 0.227 e. The maximum Gasteiger partial charge on any atom is 0.227 e. The number of para-hydroxylation sites is 2. The lowest BCUT2D eigenvalue weighted by atomic mass is 9.74.